The fourth-order valence-electron chi connectivity index (χ4n) is 0.989. The lowest BCUT2D eigenvalue weighted by molar-refractivity contribution is 0.838. The van der Waals surface area contributed by atoms with Crippen molar-refractivity contribution in [3.05, 3.63) is 18.0 Å². The predicted octanol–water partition coefficient (Wildman–Crippen LogP) is 1.17. The SMILES string of the molecule is CCc1cc(N)cn1C. The van der Waals surface area contributed by atoms with E-state index in [4.69, 9.17) is 5.73 Å². The van der Waals surface area contributed by atoms with Crippen LogP contribution in [0, 0.1) is 0 Å². The quantitative estimate of drug-likeness (QED) is 0.598. The Hall–Kier alpha value is -0.920. The van der Waals surface area contributed by atoms with Gasteiger partial charge in [0.2, 0.25) is 0 Å². The maximum absolute atomic E-state index is 5.53. The van der Waals surface area contributed by atoms with Crippen molar-refractivity contribution in [2.24, 2.45) is 7.05 Å². The summed E-state index contributed by atoms with van der Waals surface area (Å²) in [5, 5.41) is 0. The molecule has 2 nitrogen and oxygen atoms in total. The average molecular weight is 124 g/mol. The van der Waals surface area contributed by atoms with Crippen LogP contribution in [0.5, 0.6) is 0 Å². The van der Waals surface area contributed by atoms with E-state index in [1.165, 1.54) is 5.69 Å². The maximum Gasteiger partial charge on any atom is 0.0496 e. The molecule has 0 atom stereocenters. The summed E-state index contributed by atoms with van der Waals surface area (Å²) < 4.78 is 2.05. The standard InChI is InChI=1S/C7H12N2/c1-3-7-4-6(8)5-9(7)2/h4-5H,3,8H2,1-2H3. The number of nitrogens with zero attached hydrogens (tertiary/aromatic N) is 1. The zero-order chi connectivity index (χ0) is 6.85. The Kier molecular flexibility index (Phi) is 1.47. The molecule has 1 aromatic rings. The van der Waals surface area contributed by atoms with E-state index in [1.807, 2.05) is 19.3 Å². The van der Waals surface area contributed by atoms with Crippen LogP contribution in [0.2, 0.25) is 0 Å². The maximum atomic E-state index is 5.53. The van der Waals surface area contributed by atoms with Crippen LogP contribution in [0.15, 0.2) is 12.3 Å². The van der Waals surface area contributed by atoms with Crippen LogP contribution < -0.4 is 5.73 Å². The predicted molar refractivity (Wildman–Crippen MR) is 39.2 cm³/mol. The van der Waals surface area contributed by atoms with Gasteiger partial charge in [0, 0.05) is 24.6 Å². The van der Waals surface area contributed by atoms with Gasteiger partial charge >= 0.3 is 0 Å². The molecule has 0 radical (unpaired) electrons. The van der Waals surface area contributed by atoms with Crippen LogP contribution in [0.1, 0.15) is 12.6 Å². The van der Waals surface area contributed by atoms with Gasteiger partial charge in [0.1, 0.15) is 0 Å². The Morgan fingerprint density at radius 3 is 2.56 bits per heavy atom. The molecule has 0 amide bonds. The summed E-state index contributed by atoms with van der Waals surface area (Å²) in [5.41, 5.74) is 7.67. The van der Waals surface area contributed by atoms with Gasteiger partial charge in [0.25, 0.3) is 0 Å². The summed E-state index contributed by atoms with van der Waals surface area (Å²) in [6.07, 6.45) is 2.98. The molecule has 1 aromatic heterocycles. The van der Waals surface area contributed by atoms with Crippen LogP contribution >= 0.6 is 0 Å². The second-order valence-electron chi connectivity index (χ2n) is 2.23. The minimum absolute atomic E-state index is 0.856. The third kappa shape index (κ3) is 1.07. The second-order valence-corrected chi connectivity index (χ2v) is 2.23. The van der Waals surface area contributed by atoms with Gasteiger partial charge < -0.3 is 10.3 Å². The highest BCUT2D eigenvalue weighted by Crippen LogP contribution is 2.07. The van der Waals surface area contributed by atoms with Gasteiger partial charge in [-0.15, -0.1) is 0 Å². The second kappa shape index (κ2) is 2.13. The Morgan fingerprint density at radius 1 is 1.67 bits per heavy atom. The Balaban J connectivity index is 3.01. The lowest BCUT2D eigenvalue weighted by Crippen LogP contribution is -1.90. The zero-order valence-corrected chi connectivity index (χ0v) is 5.89. The van der Waals surface area contributed by atoms with Gasteiger partial charge in [-0.25, -0.2) is 0 Å². The van der Waals surface area contributed by atoms with E-state index < -0.39 is 0 Å². The average Bonchev–Trinajstić information content (AvgIpc) is 2.10. The smallest absolute Gasteiger partial charge is 0.0496 e. The fourth-order valence-corrected chi connectivity index (χ4v) is 0.989. The highest BCUT2D eigenvalue weighted by molar-refractivity contribution is 5.38. The van der Waals surface area contributed by atoms with Crippen molar-refractivity contribution in [3.8, 4) is 0 Å². The van der Waals surface area contributed by atoms with Crippen molar-refractivity contribution in [2.45, 2.75) is 13.3 Å². The van der Waals surface area contributed by atoms with E-state index >= 15 is 0 Å². The first-order valence-electron chi connectivity index (χ1n) is 3.14. The van der Waals surface area contributed by atoms with Crippen molar-refractivity contribution in [1.82, 2.24) is 4.57 Å². The number of anilines is 1. The molecule has 0 aliphatic heterocycles. The molecule has 0 bridgehead atoms. The molecule has 50 valence electrons. The lowest BCUT2D eigenvalue weighted by Gasteiger charge is -1.94. The van der Waals surface area contributed by atoms with Crippen LogP contribution in [0.4, 0.5) is 5.69 Å². The topological polar surface area (TPSA) is 30.9 Å². The Bertz CT molecular complexity index is 201. The third-order valence-electron chi connectivity index (χ3n) is 1.49. The summed E-state index contributed by atoms with van der Waals surface area (Å²) in [5.74, 6) is 0. The van der Waals surface area contributed by atoms with Crippen LogP contribution in [0.3, 0.4) is 0 Å². The molecular formula is C7H12N2. The normalized spacial score (nSPS) is 10.0. The van der Waals surface area contributed by atoms with Gasteiger partial charge in [0.15, 0.2) is 0 Å². The summed E-state index contributed by atoms with van der Waals surface area (Å²) in [7, 11) is 2.01. The van der Waals surface area contributed by atoms with Gasteiger partial charge in [-0.1, -0.05) is 6.92 Å². The zero-order valence-electron chi connectivity index (χ0n) is 5.89. The molecule has 2 heteroatoms. The van der Waals surface area contributed by atoms with Gasteiger partial charge in [-0.05, 0) is 12.5 Å². The minimum atomic E-state index is 0.856. The molecule has 0 saturated carbocycles. The van der Waals surface area contributed by atoms with E-state index in [0.717, 1.165) is 12.1 Å². The monoisotopic (exact) mass is 124 g/mol. The Labute approximate surface area is 55.3 Å². The molecular weight excluding hydrogens is 112 g/mol. The summed E-state index contributed by atoms with van der Waals surface area (Å²) in [6, 6.07) is 2.00. The molecule has 0 saturated heterocycles. The first-order chi connectivity index (χ1) is 4.24. The van der Waals surface area contributed by atoms with Gasteiger partial charge in [-0.2, -0.15) is 0 Å². The van der Waals surface area contributed by atoms with Crippen molar-refractivity contribution < 1.29 is 0 Å². The molecule has 1 rings (SSSR count). The number of nitrogens with two attached hydrogens (primary N) is 1. The Morgan fingerprint density at radius 2 is 2.33 bits per heavy atom. The molecule has 1 heterocycles. The fraction of sp³-hybridized carbons (Fsp3) is 0.429. The van der Waals surface area contributed by atoms with E-state index in [2.05, 4.69) is 11.5 Å². The van der Waals surface area contributed by atoms with E-state index in [0.29, 0.717) is 0 Å². The number of rotatable bonds is 1. The van der Waals surface area contributed by atoms with Gasteiger partial charge in [-0.3, -0.25) is 0 Å². The summed E-state index contributed by atoms with van der Waals surface area (Å²) in [4.78, 5) is 0. The highest BCUT2D eigenvalue weighted by atomic mass is 14.9. The molecule has 0 aliphatic carbocycles. The first-order valence-corrected chi connectivity index (χ1v) is 3.14. The molecule has 2 N–H and O–H groups in total. The van der Waals surface area contributed by atoms with E-state index in [9.17, 15) is 0 Å². The summed E-state index contributed by atoms with van der Waals surface area (Å²) >= 11 is 0. The van der Waals surface area contributed by atoms with Crippen LogP contribution in [-0.2, 0) is 13.5 Å². The van der Waals surface area contributed by atoms with Crippen molar-refractivity contribution in [3.63, 3.8) is 0 Å². The number of aryl methyl sites for hydroxylation is 2. The van der Waals surface area contributed by atoms with Crippen molar-refractivity contribution >= 4 is 5.69 Å². The van der Waals surface area contributed by atoms with E-state index in [-0.39, 0.29) is 0 Å². The molecule has 0 aromatic carbocycles. The third-order valence-corrected chi connectivity index (χ3v) is 1.49. The van der Waals surface area contributed by atoms with E-state index in [1.54, 1.807) is 0 Å². The van der Waals surface area contributed by atoms with Crippen molar-refractivity contribution in [1.29, 1.82) is 0 Å². The van der Waals surface area contributed by atoms with Crippen molar-refractivity contribution in [2.75, 3.05) is 5.73 Å². The van der Waals surface area contributed by atoms with Gasteiger partial charge in [0.05, 0.1) is 0 Å². The lowest BCUT2D eigenvalue weighted by atomic mass is 10.3. The highest BCUT2D eigenvalue weighted by Gasteiger charge is 1.94. The molecule has 0 aliphatic rings. The molecule has 0 fully saturated rings. The number of hydrogen-bond donors (Lipinski definition) is 1. The first kappa shape index (κ1) is 6.20. The minimum Gasteiger partial charge on any atom is -0.397 e. The summed E-state index contributed by atoms with van der Waals surface area (Å²) in [6.45, 7) is 2.12. The van der Waals surface area contributed by atoms with Crippen LogP contribution in [0.25, 0.3) is 0 Å². The largest absolute Gasteiger partial charge is 0.397 e. The number of hydrogen-bond acceptors (Lipinski definition) is 1. The molecule has 0 unspecified atom stereocenters. The molecule has 9 heavy (non-hydrogen) atoms. The van der Waals surface area contributed by atoms with Crippen LogP contribution in [-0.4, -0.2) is 4.57 Å². The number of nitrogen functional groups attached to an aromatic ring is 1. The number of aromatic nitrogens is 1. The molecule has 0 spiro atoms.